The predicted octanol–water partition coefficient (Wildman–Crippen LogP) is 6.84. The molecule has 0 spiro atoms. The van der Waals surface area contributed by atoms with Gasteiger partial charge in [0, 0.05) is 16.1 Å². The zero-order valence-corrected chi connectivity index (χ0v) is 18.1. The van der Waals surface area contributed by atoms with Crippen molar-refractivity contribution in [1.29, 1.82) is 0 Å². The highest BCUT2D eigenvalue weighted by atomic mass is 127. The average molecular weight is 490 g/mol. The Morgan fingerprint density at radius 1 is 0.893 bits per heavy atom. The Labute approximate surface area is 179 Å². The predicted molar refractivity (Wildman–Crippen MR) is 121 cm³/mol. The lowest BCUT2D eigenvalue weighted by Crippen LogP contribution is -2.03. The van der Waals surface area contributed by atoms with Gasteiger partial charge >= 0.3 is 0 Å². The van der Waals surface area contributed by atoms with Crippen LogP contribution in [0.5, 0.6) is 11.5 Å². The summed E-state index contributed by atoms with van der Waals surface area (Å²) in [4.78, 5) is 0. The van der Waals surface area contributed by atoms with Gasteiger partial charge in [0.1, 0.15) is 23.9 Å². The maximum absolute atomic E-state index is 13.4. The molecule has 0 amide bonds. The Morgan fingerprint density at radius 3 is 2.32 bits per heavy atom. The van der Waals surface area contributed by atoms with Crippen LogP contribution in [0.4, 0.5) is 4.39 Å². The average Bonchev–Trinajstić information content (AvgIpc) is 2.74. The Kier molecular flexibility index (Phi) is 7.71. The first-order chi connectivity index (χ1) is 13.7. The van der Waals surface area contributed by atoms with Crippen molar-refractivity contribution in [1.82, 2.24) is 0 Å². The van der Waals surface area contributed by atoms with E-state index in [4.69, 9.17) is 9.47 Å². The highest BCUT2D eigenvalue weighted by Crippen LogP contribution is 2.37. The van der Waals surface area contributed by atoms with Gasteiger partial charge in [0.05, 0.1) is 6.61 Å². The number of aryl methyl sites for hydroxylation is 1. The molecular formula is C24H24FIO2. The van der Waals surface area contributed by atoms with Gasteiger partial charge in [0.25, 0.3) is 0 Å². The summed E-state index contributed by atoms with van der Waals surface area (Å²) in [5.74, 6) is 1.36. The van der Waals surface area contributed by atoms with Gasteiger partial charge < -0.3 is 9.47 Å². The van der Waals surface area contributed by atoms with Crippen molar-refractivity contribution in [2.75, 3.05) is 11.0 Å². The highest BCUT2D eigenvalue weighted by Gasteiger charge is 2.14. The van der Waals surface area contributed by atoms with Gasteiger partial charge in [0.15, 0.2) is 0 Å². The van der Waals surface area contributed by atoms with E-state index in [0.29, 0.717) is 13.2 Å². The number of benzene rings is 3. The third-order valence-corrected chi connectivity index (χ3v) is 5.23. The fraction of sp³-hybridized carbons (Fsp3) is 0.250. The van der Waals surface area contributed by atoms with E-state index >= 15 is 0 Å². The number of hydrogen-bond acceptors (Lipinski definition) is 2. The van der Waals surface area contributed by atoms with Crippen molar-refractivity contribution in [3.8, 4) is 22.6 Å². The molecule has 4 heteroatoms. The van der Waals surface area contributed by atoms with E-state index in [1.807, 2.05) is 36.4 Å². The van der Waals surface area contributed by atoms with Gasteiger partial charge in [-0.3, -0.25) is 0 Å². The Balaban J connectivity index is 1.95. The van der Waals surface area contributed by atoms with Crippen LogP contribution in [0.15, 0.2) is 66.7 Å². The summed E-state index contributed by atoms with van der Waals surface area (Å²) in [6.07, 6.45) is 1.86. The van der Waals surface area contributed by atoms with E-state index in [-0.39, 0.29) is 5.82 Å². The highest BCUT2D eigenvalue weighted by molar-refractivity contribution is 14.1. The minimum Gasteiger partial charge on any atom is -0.493 e. The SMILES string of the molecule is CCc1cc(-c2ccc(F)cc2)c(OCc2ccccc2)cc1OCCCI. The topological polar surface area (TPSA) is 18.5 Å². The minimum absolute atomic E-state index is 0.245. The molecule has 3 aromatic rings. The van der Waals surface area contributed by atoms with Crippen LogP contribution in [-0.2, 0) is 13.0 Å². The van der Waals surface area contributed by atoms with Gasteiger partial charge in [-0.1, -0.05) is 72.0 Å². The molecule has 146 valence electrons. The molecule has 0 radical (unpaired) electrons. The fourth-order valence-electron chi connectivity index (χ4n) is 2.96. The molecule has 28 heavy (non-hydrogen) atoms. The van der Waals surface area contributed by atoms with Crippen LogP contribution in [0.1, 0.15) is 24.5 Å². The normalized spacial score (nSPS) is 10.7. The lowest BCUT2D eigenvalue weighted by atomic mass is 10.00. The number of alkyl halides is 1. The summed E-state index contributed by atoms with van der Waals surface area (Å²) in [5, 5.41) is 0. The van der Waals surface area contributed by atoms with E-state index in [2.05, 4.69) is 35.6 Å². The van der Waals surface area contributed by atoms with Gasteiger partial charge in [-0.2, -0.15) is 0 Å². The van der Waals surface area contributed by atoms with Crippen LogP contribution in [0.3, 0.4) is 0 Å². The number of hydrogen-bond donors (Lipinski definition) is 0. The number of halogens is 2. The standard InChI is InChI=1S/C24H24FIO2/c1-2-19-15-22(20-9-11-21(25)12-10-20)24(16-23(19)27-14-6-13-26)28-17-18-7-4-3-5-8-18/h3-5,7-12,15-16H,2,6,13-14,17H2,1H3. The molecule has 0 N–H and O–H groups in total. The van der Waals surface area contributed by atoms with Crippen molar-refractivity contribution in [3.05, 3.63) is 83.7 Å². The molecule has 0 saturated carbocycles. The van der Waals surface area contributed by atoms with Crippen LogP contribution in [0.2, 0.25) is 0 Å². The molecule has 0 saturated heterocycles. The van der Waals surface area contributed by atoms with Crippen molar-refractivity contribution in [2.24, 2.45) is 0 Å². The lowest BCUT2D eigenvalue weighted by Gasteiger charge is -2.17. The Hall–Kier alpha value is -2.08. The molecule has 3 aromatic carbocycles. The van der Waals surface area contributed by atoms with Gasteiger partial charge in [-0.25, -0.2) is 4.39 Å². The first kappa shape index (κ1) is 20.6. The van der Waals surface area contributed by atoms with Crippen molar-refractivity contribution in [2.45, 2.75) is 26.4 Å². The van der Waals surface area contributed by atoms with E-state index in [0.717, 1.165) is 51.0 Å². The zero-order chi connectivity index (χ0) is 19.8. The molecule has 0 atom stereocenters. The molecular weight excluding hydrogens is 466 g/mol. The Morgan fingerprint density at radius 2 is 1.64 bits per heavy atom. The second-order valence-corrected chi connectivity index (χ2v) is 7.56. The van der Waals surface area contributed by atoms with Gasteiger partial charge in [-0.15, -0.1) is 0 Å². The van der Waals surface area contributed by atoms with Crippen molar-refractivity contribution < 1.29 is 13.9 Å². The summed E-state index contributed by atoms with van der Waals surface area (Å²) < 4.78 is 26.7. The second-order valence-electron chi connectivity index (χ2n) is 6.48. The smallest absolute Gasteiger partial charge is 0.131 e. The molecule has 2 nitrogen and oxygen atoms in total. The first-order valence-corrected chi connectivity index (χ1v) is 11.0. The molecule has 0 unspecified atom stereocenters. The molecule has 0 aromatic heterocycles. The van der Waals surface area contributed by atoms with Gasteiger partial charge in [0.2, 0.25) is 0 Å². The third-order valence-electron chi connectivity index (χ3n) is 4.47. The minimum atomic E-state index is -0.245. The Bertz CT molecular complexity index is 879. The summed E-state index contributed by atoms with van der Waals surface area (Å²) >= 11 is 2.35. The number of ether oxygens (including phenoxy) is 2. The van der Waals surface area contributed by atoms with Crippen LogP contribution in [0.25, 0.3) is 11.1 Å². The fourth-order valence-corrected chi connectivity index (χ4v) is 3.27. The summed E-state index contributed by atoms with van der Waals surface area (Å²) in [7, 11) is 0. The monoisotopic (exact) mass is 490 g/mol. The van der Waals surface area contributed by atoms with E-state index in [9.17, 15) is 4.39 Å². The van der Waals surface area contributed by atoms with Crippen LogP contribution in [0, 0.1) is 5.82 Å². The largest absolute Gasteiger partial charge is 0.493 e. The van der Waals surface area contributed by atoms with E-state index in [1.54, 1.807) is 12.1 Å². The van der Waals surface area contributed by atoms with E-state index < -0.39 is 0 Å². The zero-order valence-electron chi connectivity index (χ0n) is 16.0. The lowest BCUT2D eigenvalue weighted by molar-refractivity contribution is 0.295. The number of rotatable bonds is 9. The molecule has 0 aliphatic heterocycles. The maximum Gasteiger partial charge on any atom is 0.131 e. The molecule has 0 aliphatic rings. The maximum atomic E-state index is 13.4. The van der Waals surface area contributed by atoms with Crippen LogP contribution < -0.4 is 9.47 Å². The molecule has 3 rings (SSSR count). The van der Waals surface area contributed by atoms with Crippen molar-refractivity contribution in [3.63, 3.8) is 0 Å². The molecule has 0 heterocycles. The summed E-state index contributed by atoms with van der Waals surface area (Å²) in [6, 6.07) is 20.7. The van der Waals surface area contributed by atoms with Crippen molar-refractivity contribution >= 4 is 22.6 Å². The van der Waals surface area contributed by atoms with Gasteiger partial charge in [-0.05, 0) is 47.7 Å². The quantitative estimate of drug-likeness (QED) is 0.186. The summed E-state index contributed by atoms with van der Waals surface area (Å²) in [6.45, 7) is 3.26. The van der Waals surface area contributed by atoms with Crippen LogP contribution in [-0.4, -0.2) is 11.0 Å². The van der Waals surface area contributed by atoms with E-state index in [1.165, 1.54) is 12.1 Å². The molecule has 0 bridgehead atoms. The molecule has 0 aliphatic carbocycles. The molecule has 0 fully saturated rings. The first-order valence-electron chi connectivity index (χ1n) is 9.49. The second kappa shape index (κ2) is 10.5. The third kappa shape index (κ3) is 5.47. The summed E-state index contributed by atoms with van der Waals surface area (Å²) in [5.41, 5.74) is 4.10. The van der Waals surface area contributed by atoms with Crippen LogP contribution >= 0.6 is 22.6 Å².